The summed E-state index contributed by atoms with van der Waals surface area (Å²) in [5.74, 6) is 0.610. The molecule has 5 heteroatoms. The van der Waals surface area contributed by atoms with Gasteiger partial charge < -0.3 is 15.4 Å². The highest BCUT2D eigenvalue weighted by Gasteiger charge is 2.27. The van der Waals surface area contributed by atoms with Gasteiger partial charge in [-0.25, -0.2) is 0 Å². The summed E-state index contributed by atoms with van der Waals surface area (Å²) in [4.78, 5) is 13.1. The number of hydrogen-bond donors (Lipinski definition) is 2. The van der Waals surface area contributed by atoms with Crippen LogP contribution in [0.3, 0.4) is 0 Å². The Morgan fingerprint density at radius 2 is 1.68 bits per heavy atom. The normalized spacial score (nSPS) is 12.8. The van der Waals surface area contributed by atoms with Gasteiger partial charge in [-0.3, -0.25) is 4.79 Å². The van der Waals surface area contributed by atoms with Gasteiger partial charge in [-0.05, 0) is 31.2 Å². The van der Waals surface area contributed by atoms with Gasteiger partial charge in [-0.15, -0.1) is 0 Å². The molecule has 0 heterocycles. The summed E-state index contributed by atoms with van der Waals surface area (Å²) in [6.07, 6.45) is 0. The van der Waals surface area contributed by atoms with Crippen molar-refractivity contribution in [2.75, 3.05) is 12.4 Å². The molecule has 144 valence electrons. The summed E-state index contributed by atoms with van der Waals surface area (Å²) in [5, 5.41) is 5.75. The summed E-state index contributed by atoms with van der Waals surface area (Å²) in [6, 6.07) is 24.5. The quantitative estimate of drug-likeness (QED) is 0.624. The minimum Gasteiger partial charge on any atom is -0.497 e. The topological polar surface area (TPSA) is 54.9 Å². The number of methoxy groups -OCH3 is 1. The van der Waals surface area contributed by atoms with Gasteiger partial charge in [0.15, 0.2) is 6.04 Å². The summed E-state index contributed by atoms with van der Waals surface area (Å²) in [6.45, 7) is 2.07. The van der Waals surface area contributed by atoms with E-state index in [0.29, 0.717) is 16.5 Å². The van der Waals surface area contributed by atoms with E-state index >= 15 is 0 Å². The average molecular weight is 396 g/mol. The van der Waals surface area contributed by atoms with Gasteiger partial charge in [0.05, 0.1) is 7.11 Å². The molecule has 0 bridgehead atoms. The maximum absolute atomic E-state index is 13.1. The standard InChI is InChI=1S/C23H23ClN2O2/c1-16(18-10-6-11-19(24)14-18)25-22(17-8-4-3-5-9-17)23(27)26-20-12-7-13-21(15-20)28-2/h3-16,22,25H,1-2H3,(H,26,27)/p+1/t16-,22+/m1/s1. The Kier molecular flexibility index (Phi) is 6.69. The maximum Gasteiger partial charge on any atom is 0.287 e. The van der Waals surface area contributed by atoms with E-state index in [1.807, 2.05) is 72.8 Å². The van der Waals surface area contributed by atoms with Gasteiger partial charge in [0.25, 0.3) is 5.91 Å². The number of halogens is 1. The maximum atomic E-state index is 13.1. The number of carbonyl (C=O) groups excluding carboxylic acids is 1. The van der Waals surface area contributed by atoms with Crippen molar-refractivity contribution in [3.05, 3.63) is 95.0 Å². The molecule has 0 aromatic heterocycles. The van der Waals surface area contributed by atoms with E-state index in [4.69, 9.17) is 16.3 Å². The molecule has 0 fully saturated rings. The van der Waals surface area contributed by atoms with Crippen LogP contribution in [0.15, 0.2) is 78.9 Å². The molecule has 0 unspecified atom stereocenters. The molecule has 2 atom stereocenters. The summed E-state index contributed by atoms with van der Waals surface area (Å²) < 4.78 is 5.24. The van der Waals surface area contributed by atoms with Crippen molar-refractivity contribution in [1.29, 1.82) is 0 Å². The van der Waals surface area contributed by atoms with Crippen molar-refractivity contribution in [2.45, 2.75) is 19.0 Å². The Bertz CT molecular complexity index is 931. The lowest BCUT2D eigenvalue weighted by molar-refractivity contribution is -0.718. The van der Waals surface area contributed by atoms with Gasteiger partial charge in [-0.2, -0.15) is 0 Å². The Balaban J connectivity index is 1.83. The average Bonchev–Trinajstić information content (AvgIpc) is 2.72. The largest absolute Gasteiger partial charge is 0.497 e. The zero-order valence-electron chi connectivity index (χ0n) is 15.9. The summed E-state index contributed by atoms with van der Waals surface area (Å²) in [5.41, 5.74) is 2.72. The number of benzene rings is 3. The third-order valence-corrected chi connectivity index (χ3v) is 4.87. The number of hydrogen-bond acceptors (Lipinski definition) is 2. The molecule has 1 amide bonds. The number of quaternary nitrogens is 1. The second-order valence-electron chi connectivity index (χ2n) is 6.65. The fourth-order valence-electron chi connectivity index (χ4n) is 3.12. The number of amides is 1. The number of nitrogens with one attached hydrogen (secondary N) is 1. The highest BCUT2D eigenvalue weighted by molar-refractivity contribution is 6.30. The molecule has 0 aliphatic rings. The third-order valence-electron chi connectivity index (χ3n) is 4.63. The first-order chi connectivity index (χ1) is 13.6. The van der Waals surface area contributed by atoms with Crippen LogP contribution in [0, 0.1) is 0 Å². The molecule has 3 aromatic carbocycles. The molecule has 0 saturated heterocycles. The molecular formula is C23H24ClN2O2+. The van der Waals surface area contributed by atoms with Crippen molar-refractivity contribution in [2.24, 2.45) is 0 Å². The highest BCUT2D eigenvalue weighted by Crippen LogP contribution is 2.20. The minimum absolute atomic E-state index is 0.0555. The van der Waals surface area contributed by atoms with Crippen LogP contribution >= 0.6 is 11.6 Å². The monoisotopic (exact) mass is 395 g/mol. The zero-order valence-corrected chi connectivity index (χ0v) is 16.7. The van der Waals surface area contributed by atoms with E-state index in [1.54, 1.807) is 13.2 Å². The lowest BCUT2D eigenvalue weighted by Crippen LogP contribution is -2.87. The predicted octanol–water partition coefficient (Wildman–Crippen LogP) is 4.35. The lowest BCUT2D eigenvalue weighted by atomic mass is 10.0. The van der Waals surface area contributed by atoms with E-state index < -0.39 is 6.04 Å². The molecule has 0 saturated carbocycles. The third kappa shape index (κ3) is 5.12. The second kappa shape index (κ2) is 9.40. The highest BCUT2D eigenvalue weighted by atomic mass is 35.5. The molecule has 0 aliphatic carbocycles. The lowest BCUT2D eigenvalue weighted by Gasteiger charge is -2.20. The van der Waals surface area contributed by atoms with Gasteiger partial charge >= 0.3 is 0 Å². The van der Waals surface area contributed by atoms with Crippen LogP contribution in [0.1, 0.15) is 30.1 Å². The van der Waals surface area contributed by atoms with Crippen molar-refractivity contribution in [3.63, 3.8) is 0 Å². The SMILES string of the molecule is COc1cccc(NC(=O)[C@@H]([NH2+][C@H](C)c2cccc(Cl)c2)c2ccccc2)c1. The van der Waals surface area contributed by atoms with Gasteiger partial charge in [0, 0.05) is 27.9 Å². The fourth-order valence-corrected chi connectivity index (χ4v) is 3.32. The van der Waals surface area contributed by atoms with Crippen LogP contribution in [0.5, 0.6) is 5.75 Å². The van der Waals surface area contributed by atoms with E-state index in [9.17, 15) is 4.79 Å². The van der Waals surface area contributed by atoms with Crippen LogP contribution in [0.25, 0.3) is 0 Å². The molecule has 3 rings (SSSR count). The molecule has 0 radical (unpaired) electrons. The van der Waals surface area contributed by atoms with E-state index in [1.165, 1.54) is 0 Å². The van der Waals surface area contributed by atoms with Crippen LogP contribution in [-0.2, 0) is 4.79 Å². The second-order valence-corrected chi connectivity index (χ2v) is 7.08. The van der Waals surface area contributed by atoms with Crippen LogP contribution in [0.4, 0.5) is 5.69 Å². The summed E-state index contributed by atoms with van der Waals surface area (Å²) in [7, 11) is 1.61. The first-order valence-electron chi connectivity index (χ1n) is 9.17. The van der Waals surface area contributed by atoms with Crippen molar-refractivity contribution in [1.82, 2.24) is 0 Å². The summed E-state index contributed by atoms with van der Waals surface area (Å²) >= 11 is 6.14. The Morgan fingerprint density at radius 1 is 0.964 bits per heavy atom. The zero-order chi connectivity index (χ0) is 19.9. The first-order valence-corrected chi connectivity index (χ1v) is 9.55. The number of nitrogens with two attached hydrogens (primary N) is 1. The van der Waals surface area contributed by atoms with Crippen molar-refractivity contribution < 1.29 is 14.8 Å². The van der Waals surface area contributed by atoms with Gasteiger partial charge in [0.2, 0.25) is 0 Å². The Morgan fingerprint density at radius 3 is 2.39 bits per heavy atom. The number of carbonyl (C=O) groups is 1. The molecular weight excluding hydrogens is 372 g/mol. The van der Waals surface area contributed by atoms with E-state index in [-0.39, 0.29) is 11.9 Å². The van der Waals surface area contributed by atoms with E-state index in [0.717, 1.165) is 11.1 Å². The van der Waals surface area contributed by atoms with Crippen LogP contribution < -0.4 is 15.4 Å². The molecule has 3 aromatic rings. The van der Waals surface area contributed by atoms with Gasteiger partial charge in [-0.1, -0.05) is 60.1 Å². The minimum atomic E-state index is -0.401. The molecule has 28 heavy (non-hydrogen) atoms. The van der Waals surface area contributed by atoms with Crippen molar-refractivity contribution in [3.8, 4) is 5.75 Å². The van der Waals surface area contributed by atoms with Crippen LogP contribution in [0.2, 0.25) is 5.02 Å². The fraction of sp³-hybridized carbons (Fsp3) is 0.174. The number of ether oxygens (including phenoxy) is 1. The smallest absolute Gasteiger partial charge is 0.287 e. The number of rotatable bonds is 7. The molecule has 0 aliphatic heterocycles. The number of anilines is 1. The predicted molar refractivity (Wildman–Crippen MR) is 113 cm³/mol. The molecule has 4 nitrogen and oxygen atoms in total. The van der Waals surface area contributed by atoms with Gasteiger partial charge in [0.1, 0.15) is 11.8 Å². The Labute approximate surface area is 170 Å². The van der Waals surface area contributed by atoms with E-state index in [2.05, 4.69) is 17.6 Å². The van der Waals surface area contributed by atoms with Crippen LogP contribution in [-0.4, -0.2) is 13.0 Å². The molecule has 3 N–H and O–H groups in total. The Hall–Kier alpha value is -2.82. The first kappa shape index (κ1) is 19.9. The van der Waals surface area contributed by atoms with Crippen molar-refractivity contribution >= 4 is 23.2 Å². The molecule has 0 spiro atoms.